The van der Waals surface area contributed by atoms with Gasteiger partial charge in [-0.15, -0.1) is 0 Å². The van der Waals surface area contributed by atoms with Crippen molar-refractivity contribution < 1.29 is 0 Å². The number of nitrogens with zero attached hydrogens (tertiary/aromatic N) is 3. The lowest BCUT2D eigenvalue weighted by molar-refractivity contribution is 0.138. The first kappa shape index (κ1) is 13.1. The summed E-state index contributed by atoms with van der Waals surface area (Å²) in [4.78, 5) is 4.70. The van der Waals surface area contributed by atoms with E-state index in [1.165, 1.54) is 16.3 Å². The van der Waals surface area contributed by atoms with Gasteiger partial charge in [0, 0.05) is 32.7 Å². The first-order valence-electron chi connectivity index (χ1n) is 7.15. The van der Waals surface area contributed by atoms with Gasteiger partial charge in [0.05, 0.1) is 12.6 Å². The molecule has 0 aromatic heterocycles. The van der Waals surface area contributed by atoms with E-state index < -0.39 is 0 Å². The topological polar surface area (TPSA) is 30.3 Å². The van der Waals surface area contributed by atoms with E-state index >= 15 is 0 Å². The molecule has 0 saturated carbocycles. The molecule has 0 spiro atoms. The summed E-state index contributed by atoms with van der Waals surface area (Å²) in [6, 6.07) is 17.3. The van der Waals surface area contributed by atoms with Crippen LogP contribution in [0.2, 0.25) is 0 Å². The quantitative estimate of drug-likeness (QED) is 0.799. The van der Waals surface area contributed by atoms with Crippen LogP contribution in [0.15, 0.2) is 42.5 Å². The molecule has 0 radical (unpaired) electrons. The van der Waals surface area contributed by atoms with Crippen LogP contribution in [0, 0.1) is 11.3 Å². The van der Waals surface area contributed by atoms with Crippen LogP contribution in [-0.4, -0.2) is 42.5 Å². The zero-order chi connectivity index (χ0) is 13.8. The molecule has 2 aromatic carbocycles. The van der Waals surface area contributed by atoms with E-state index in [2.05, 4.69) is 58.3 Å². The molecule has 0 bridgehead atoms. The van der Waals surface area contributed by atoms with Crippen LogP contribution in [0.4, 0.5) is 0 Å². The third kappa shape index (κ3) is 2.82. The molecule has 102 valence electrons. The maximum atomic E-state index is 8.73. The molecular formula is C17H19N3. The molecule has 2 aromatic rings. The smallest absolute Gasteiger partial charge is 0.0866 e. The van der Waals surface area contributed by atoms with Crippen molar-refractivity contribution in [1.82, 2.24) is 9.80 Å². The molecule has 3 nitrogen and oxygen atoms in total. The number of fused-ring (bicyclic) bond motifs is 1. The Bertz CT molecular complexity index is 616. The van der Waals surface area contributed by atoms with E-state index in [-0.39, 0.29) is 0 Å². The second-order valence-corrected chi connectivity index (χ2v) is 5.35. The Labute approximate surface area is 120 Å². The second kappa shape index (κ2) is 6.04. The lowest BCUT2D eigenvalue weighted by Gasteiger charge is -2.33. The van der Waals surface area contributed by atoms with Gasteiger partial charge >= 0.3 is 0 Å². The van der Waals surface area contributed by atoms with Crippen molar-refractivity contribution in [2.24, 2.45) is 0 Å². The summed E-state index contributed by atoms with van der Waals surface area (Å²) in [7, 11) is 0. The van der Waals surface area contributed by atoms with Crippen molar-refractivity contribution in [1.29, 1.82) is 5.26 Å². The highest BCUT2D eigenvalue weighted by Crippen LogP contribution is 2.20. The Morgan fingerprint density at radius 1 is 0.900 bits per heavy atom. The number of nitriles is 1. The molecule has 1 aliphatic heterocycles. The molecule has 3 heteroatoms. The summed E-state index contributed by atoms with van der Waals surface area (Å²) < 4.78 is 0. The minimum absolute atomic E-state index is 0.558. The highest BCUT2D eigenvalue weighted by molar-refractivity contribution is 5.85. The fourth-order valence-corrected chi connectivity index (χ4v) is 2.88. The van der Waals surface area contributed by atoms with Crippen molar-refractivity contribution in [3.63, 3.8) is 0 Å². The third-order valence-electron chi connectivity index (χ3n) is 4.03. The lowest BCUT2D eigenvalue weighted by atomic mass is 10.0. The number of benzene rings is 2. The van der Waals surface area contributed by atoms with Crippen molar-refractivity contribution >= 4 is 10.8 Å². The Kier molecular flexibility index (Phi) is 3.96. The molecule has 0 aliphatic carbocycles. The van der Waals surface area contributed by atoms with Crippen molar-refractivity contribution in [3.05, 3.63) is 48.0 Å². The van der Waals surface area contributed by atoms with Crippen LogP contribution in [0.3, 0.4) is 0 Å². The monoisotopic (exact) mass is 265 g/mol. The van der Waals surface area contributed by atoms with Gasteiger partial charge in [-0.1, -0.05) is 42.5 Å². The molecule has 0 amide bonds. The van der Waals surface area contributed by atoms with Gasteiger partial charge in [-0.2, -0.15) is 5.26 Å². The maximum absolute atomic E-state index is 8.73. The molecule has 1 saturated heterocycles. The normalized spacial score (nSPS) is 17.1. The number of rotatable bonds is 3. The van der Waals surface area contributed by atoms with E-state index in [0.717, 1.165) is 32.7 Å². The van der Waals surface area contributed by atoms with Crippen molar-refractivity contribution in [3.8, 4) is 6.07 Å². The summed E-state index contributed by atoms with van der Waals surface area (Å²) in [5, 5.41) is 11.4. The van der Waals surface area contributed by atoms with Crippen LogP contribution >= 0.6 is 0 Å². The molecule has 3 rings (SSSR count). The largest absolute Gasteiger partial charge is 0.297 e. The zero-order valence-electron chi connectivity index (χ0n) is 11.6. The Morgan fingerprint density at radius 2 is 1.60 bits per heavy atom. The van der Waals surface area contributed by atoms with Gasteiger partial charge in [-0.05, 0) is 16.3 Å². The first-order chi connectivity index (χ1) is 9.86. The summed E-state index contributed by atoms with van der Waals surface area (Å²) in [6.07, 6.45) is 0. The maximum Gasteiger partial charge on any atom is 0.0866 e. The van der Waals surface area contributed by atoms with Crippen molar-refractivity contribution in [2.75, 3.05) is 32.7 Å². The van der Waals surface area contributed by atoms with Crippen LogP contribution in [0.1, 0.15) is 5.56 Å². The second-order valence-electron chi connectivity index (χ2n) is 5.35. The Hall–Kier alpha value is -1.89. The summed E-state index contributed by atoms with van der Waals surface area (Å²) in [6.45, 7) is 5.65. The summed E-state index contributed by atoms with van der Waals surface area (Å²) in [5.74, 6) is 0. The van der Waals surface area contributed by atoms with Gasteiger partial charge in [0.2, 0.25) is 0 Å². The fourth-order valence-electron chi connectivity index (χ4n) is 2.88. The molecule has 0 N–H and O–H groups in total. The van der Waals surface area contributed by atoms with Crippen LogP contribution in [0.25, 0.3) is 10.8 Å². The lowest BCUT2D eigenvalue weighted by Crippen LogP contribution is -2.45. The average Bonchev–Trinajstić information content (AvgIpc) is 2.50. The van der Waals surface area contributed by atoms with E-state index in [4.69, 9.17) is 5.26 Å². The van der Waals surface area contributed by atoms with E-state index in [1.807, 2.05) is 0 Å². The van der Waals surface area contributed by atoms with Gasteiger partial charge in [-0.3, -0.25) is 9.80 Å². The highest BCUT2D eigenvalue weighted by Gasteiger charge is 2.16. The SMILES string of the molecule is N#CCN1CCN(Cc2cccc3ccccc23)CC1. The average molecular weight is 265 g/mol. The first-order valence-corrected chi connectivity index (χ1v) is 7.15. The van der Waals surface area contributed by atoms with Crippen LogP contribution in [0.5, 0.6) is 0 Å². The number of hydrogen-bond donors (Lipinski definition) is 0. The van der Waals surface area contributed by atoms with Gasteiger partial charge in [-0.25, -0.2) is 0 Å². The predicted octanol–water partition coefficient (Wildman–Crippen LogP) is 2.48. The minimum Gasteiger partial charge on any atom is -0.297 e. The van der Waals surface area contributed by atoms with Crippen LogP contribution in [-0.2, 0) is 6.54 Å². The summed E-state index contributed by atoms with van der Waals surface area (Å²) in [5.41, 5.74) is 1.40. The molecule has 0 atom stereocenters. The molecular weight excluding hydrogens is 246 g/mol. The molecule has 1 aliphatic rings. The van der Waals surface area contributed by atoms with Gasteiger partial charge in [0.1, 0.15) is 0 Å². The Balaban J connectivity index is 1.70. The van der Waals surface area contributed by atoms with Crippen LogP contribution < -0.4 is 0 Å². The van der Waals surface area contributed by atoms with Gasteiger partial charge in [0.25, 0.3) is 0 Å². The third-order valence-corrected chi connectivity index (χ3v) is 4.03. The molecule has 1 fully saturated rings. The molecule has 1 heterocycles. The fraction of sp³-hybridized carbons (Fsp3) is 0.353. The number of piperazine rings is 1. The molecule has 0 unspecified atom stereocenters. The van der Waals surface area contributed by atoms with Gasteiger partial charge in [0.15, 0.2) is 0 Å². The summed E-state index contributed by atoms with van der Waals surface area (Å²) >= 11 is 0. The number of hydrogen-bond acceptors (Lipinski definition) is 3. The molecule has 20 heavy (non-hydrogen) atoms. The van der Waals surface area contributed by atoms with E-state index in [9.17, 15) is 0 Å². The van der Waals surface area contributed by atoms with Gasteiger partial charge < -0.3 is 0 Å². The predicted molar refractivity (Wildman–Crippen MR) is 81.3 cm³/mol. The van der Waals surface area contributed by atoms with Crippen molar-refractivity contribution in [2.45, 2.75) is 6.54 Å². The highest BCUT2D eigenvalue weighted by atomic mass is 15.3. The Morgan fingerprint density at radius 3 is 2.40 bits per heavy atom. The minimum atomic E-state index is 0.558. The zero-order valence-corrected chi connectivity index (χ0v) is 11.6. The van der Waals surface area contributed by atoms with E-state index in [1.54, 1.807) is 0 Å². The van der Waals surface area contributed by atoms with E-state index in [0.29, 0.717) is 6.54 Å². The standard InChI is InChI=1S/C17H19N3/c18-8-9-19-10-12-20(13-11-19)14-16-6-3-5-15-4-1-2-7-17(15)16/h1-7H,9-14H2.